The molecule has 1 aliphatic rings. The molecule has 1 fully saturated rings. The van der Waals surface area contributed by atoms with Gasteiger partial charge in [0.1, 0.15) is 6.10 Å². The molecule has 5 heteroatoms. The number of ether oxygens (including phenoxy) is 1. The van der Waals surface area contributed by atoms with E-state index in [1.54, 1.807) is 0 Å². The van der Waals surface area contributed by atoms with E-state index in [-0.39, 0.29) is 24.4 Å². The molecule has 2 unspecified atom stereocenters. The van der Waals surface area contributed by atoms with E-state index >= 15 is 0 Å². The van der Waals surface area contributed by atoms with Gasteiger partial charge in [-0.05, 0) is 12.8 Å². The van der Waals surface area contributed by atoms with E-state index in [2.05, 4.69) is 0 Å². The minimum absolute atomic E-state index is 0. The molecule has 0 aromatic heterocycles. The molecular formula is C6H13ClN2O2. The number of amides is 1. The highest BCUT2D eigenvalue weighted by molar-refractivity contribution is 5.85. The fourth-order valence-electron chi connectivity index (χ4n) is 1.09. The monoisotopic (exact) mass is 180 g/mol. The molecule has 0 radical (unpaired) electrons. The number of carbonyl (C=O) groups excluding carboxylic acids is 1. The van der Waals surface area contributed by atoms with Crippen LogP contribution >= 0.6 is 12.4 Å². The minimum Gasteiger partial charge on any atom is -0.367 e. The highest BCUT2D eigenvalue weighted by Gasteiger charge is 2.27. The molecule has 0 aromatic carbocycles. The molecular weight excluding hydrogens is 168 g/mol. The Balaban J connectivity index is 0.000001000. The summed E-state index contributed by atoms with van der Waals surface area (Å²) in [7, 11) is 0. The Morgan fingerprint density at radius 1 is 1.55 bits per heavy atom. The number of primary amides is 1. The van der Waals surface area contributed by atoms with Crippen molar-refractivity contribution >= 4 is 18.3 Å². The standard InChI is InChI=1S/C6H12N2O2.ClH/c7-3-4-1-2-5(10-4)6(8)9;/h4-5H,1-3,7H2,(H2,8,9);1H. The summed E-state index contributed by atoms with van der Waals surface area (Å²) in [6, 6.07) is 0. The summed E-state index contributed by atoms with van der Waals surface area (Å²) in [6.07, 6.45) is 1.22. The first-order valence-corrected chi connectivity index (χ1v) is 3.39. The molecule has 11 heavy (non-hydrogen) atoms. The molecule has 1 rings (SSSR count). The van der Waals surface area contributed by atoms with Crippen LogP contribution in [0.1, 0.15) is 12.8 Å². The maximum absolute atomic E-state index is 10.5. The van der Waals surface area contributed by atoms with Crippen LogP contribution in [0.5, 0.6) is 0 Å². The van der Waals surface area contributed by atoms with Crippen LogP contribution in [0.15, 0.2) is 0 Å². The SMILES string of the molecule is Cl.NCC1CCC(C(N)=O)O1. The molecule has 1 aliphatic heterocycles. The van der Waals surface area contributed by atoms with Crippen LogP contribution in [0.2, 0.25) is 0 Å². The minimum atomic E-state index is -0.395. The summed E-state index contributed by atoms with van der Waals surface area (Å²) in [5.41, 5.74) is 10.3. The highest BCUT2D eigenvalue weighted by atomic mass is 35.5. The lowest BCUT2D eigenvalue weighted by atomic mass is 10.2. The van der Waals surface area contributed by atoms with E-state index in [0.29, 0.717) is 6.54 Å². The second kappa shape index (κ2) is 4.54. The van der Waals surface area contributed by atoms with Crippen molar-refractivity contribution in [1.82, 2.24) is 0 Å². The number of hydrogen-bond donors (Lipinski definition) is 2. The Morgan fingerprint density at radius 2 is 2.18 bits per heavy atom. The van der Waals surface area contributed by atoms with Crippen molar-refractivity contribution in [2.75, 3.05) is 6.54 Å². The van der Waals surface area contributed by atoms with Crippen LogP contribution in [-0.4, -0.2) is 24.7 Å². The zero-order valence-corrected chi connectivity index (χ0v) is 6.97. The van der Waals surface area contributed by atoms with Crippen molar-refractivity contribution in [3.8, 4) is 0 Å². The van der Waals surface area contributed by atoms with Crippen LogP contribution in [0, 0.1) is 0 Å². The van der Waals surface area contributed by atoms with Crippen LogP contribution < -0.4 is 11.5 Å². The number of rotatable bonds is 2. The van der Waals surface area contributed by atoms with Crippen molar-refractivity contribution in [3.05, 3.63) is 0 Å². The molecule has 4 nitrogen and oxygen atoms in total. The van der Waals surface area contributed by atoms with Gasteiger partial charge in [0, 0.05) is 6.54 Å². The highest BCUT2D eigenvalue weighted by Crippen LogP contribution is 2.17. The Bertz CT molecular complexity index is 143. The van der Waals surface area contributed by atoms with E-state index < -0.39 is 6.10 Å². The van der Waals surface area contributed by atoms with Crippen molar-refractivity contribution in [1.29, 1.82) is 0 Å². The van der Waals surface area contributed by atoms with Crippen molar-refractivity contribution < 1.29 is 9.53 Å². The molecule has 0 saturated carbocycles. The van der Waals surface area contributed by atoms with E-state index in [9.17, 15) is 4.79 Å². The van der Waals surface area contributed by atoms with Crippen molar-refractivity contribution in [2.45, 2.75) is 25.0 Å². The molecule has 2 atom stereocenters. The Morgan fingerprint density at radius 3 is 2.45 bits per heavy atom. The normalized spacial score (nSPS) is 29.5. The van der Waals surface area contributed by atoms with Gasteiger partial charge in [0.05, 0.1) is 6.10 Å². The Labute approximate surface area is 71.7 Å². The zero-order chi connectivity index (χ0) is 7.56. The summed E-state index contributed by atoms with van der Waals surface area (Å²) in [5.74, 6) is -0.379. The van der Waals surface area contributed by atoms with E-state index in [1.807, 2.05) is 0 Å². The largest absolute Gasteiger partial charge is 0.367 e. The van der Waals surface area contributed by atoms with Gasteiger partial charge >= 0.3 is 0 Å². The van der Waals surface area contributed by atoms with Gasteiger partial charge in [-0.2, -0.15) is 0 Å². The molecule has 1 amide bonds. The lowest BCUT2D eigenvalue weighted by molar-refractivity contribution is -0.128. The van der Waals surface area contributed by atoms with Crippen molar-refractivity contribution in [3.63, 3.8) is 0 Å². The maximum Gasteiger partial charge on any atom is 0.246 e. The Hall–Kier alpha value is -0.320. The van der Waals surface area contributed by atoms with Crippen LogP contribution in [0.25, 0.3) is 0 Å². The number of halogens is 1. The third kappa shape index (κ3) is 2.65. The average molecular weight is 181 g/mol. The second-order valence-corrected chi connectivity index (χ2v) is 2.46. The summed E-state index contributed by atoms with van der Waals surface area (Å²) in [5, 5.41) is 0. The molecule has 1 heterocycles. The number of hydrogen-bond acceptors (Lipinski definition) is 3. The summed E-state index contributed by atoms with van der Waals surface area (Å²) in [6.45, 7) is 0.476. The topological polar surface area (TPSA) is 78.3 Å². The average Bonchev–Trinajstić information content (AvgIpc) is 2.34. The van der Waals surface area contributed by atoms with Gasteiger partial charge in [-0.1, -0.05) is 0 Å². The first-order valence-electron chi connectivity index (χ1n) is 3.39. The predicted octanol–water partition coefficient (Wildman–Crippen LogP) is -0.600. The van der Waals surface area contributed by atoms with Gasteiger partial charge in [-0.25, -0.2) is 0 Å². The maximum atomic E-state index is 10.5. The third-order valence-corrected chi connectivity index (χ3v) is 1.69. The van der Waals surface area contributed by atoms with Crippen LogP contribution in [0.3, 0.4) is 0 Å². The zero-order valence-electron chi connectivity index (χ0n) is 6.16. The third-order valence-electron chi connectivity index (χ3n) is 1.69. The molecule has 0 aliphatic carbocycles. The summed E-state index contributed by atoms with van der Waals surface area (Å²) >= 11 is 0. The first kappa shape index (κ1) is 10.7. The molecule has 0 spiro atoms. The van der Waals surface area contributed by atoms with Gasteiger partial charge in [0.15, 0.2) is 0 Å². The van der Waals surface area contributed by atoms with Crippen LogP contribution in [-0.2, 0) is 9.53 Å². The van der Waals surface area contributed by atoms with E-state index in [1.165, 1.54) is 0 Å². The smallest absolute Gasteiger partial charge is 0.246 e. The van der Waals surface area contributed by atoms with E-state index in [4.69, 9.17) is 16.2 Å². The molecule has 0 aromatic rings. The van der Waals surface area contributed by atoms with Gasteiger partial charge in [-0.15, -0.1) is 12.4 Å². The molecule has 0 bridgehead atoms. The molecule has 66 valence electrons. The van der Waals surface area contributed by atoms with Gasteiger partial charge in [-0.3, -0.25) is 4.79 Å². The summed E-state index contributed by atoms with van der Waals surface area (Å²) in [4.78, 5) is 10.5. The first-order chi connectivity index (χ1) is 4.74. The van der Waals surface area contributed by atoms with Gasteiger partial charge in [0.25, 0.3) is 0 Å². The van der Waals surface area contributed by atoms with E-state index in [0.717, 1.165) is 12.8 Å². The summed E-state index contributed by atoms with van der Waals surface area (Å²) < 4.78 is 5.17. The fourth-order valence-corrected chi connectivity index (χ4v) is 1.09. The number of carbonyl (C=O) groups is 1. The van der Waals surface area contributed by atoms with Gasteiger partial charge < -0.3 is 16.2 Å². The lowest BCUT2D eigenvalue weighted by Gasteiger charge is -2.07. The molecule has 4 N–H and O–H groups in total. The van der Waals surface area contributed by atoms with Crippen molar-refractivity contribution in [2.24, 2.45) is 11.5 Å². The second-order valence-electron chi connectivity index (χ2n) is 2.46. The Kier molecular flexibility index (Phi) is 4.40. The molecule has 1 saturated heterocycles. The van der Waals surface area contributed by atoms with Crippen LogP contribution in [0.4, 0.5) is 0 Å². The quantitative estimate of drug-likeness (QED) is 0.596. The number of nitrogens with two attached hydrogens (primary N) is 2. The fraction of sp³-hybridized carbons (Fsp3) is 0.833. The van der Waals surface area contributed by atoms with Gasteiger partial charge in [0.2, 0.25) is 5.91 Å². The predicted molar refractivity (Wildman–Crippen MR) is 43.4 cm³/mol. The lowest BCUT2D eigenvalue weighted by Crippen LogP contribution is -2.30.